The standard InChI is InChI=1S/C17H27N3O4/c1-10(2)8-14(21)12-4-6-20(7-5-12)15(22)9-13-11(3)18-17(24)19-16(13)23/h10,12,14,21H,4-9H2,1-3H3,(H2,18,19,23,24)/t14-/m0/s1. The normalized spacial score (nSPS) is 17.3. The van der Waals surface area contributed by atoms with Crippen LogP contribution >= 0.6 is 0 Å². The van der Waals surface area contributed by atoms with Gasteiger partial charge in [0.1, 0.15) is 0 Å². The lowest BCUT2D eigenvalue weighted by Crippen LogP contribution is -2.43. The van der Waals surface area contributed by atoms with E-state index in [-0.39, 0.29) is 24.3 Å². The molecule has 24 heavy (non-hydrogen) atoms. The molecule has 1 atom stereocenters. The van der Waals surface area contributed by atoms with E-state index in [0.29, 0.717) is 30.3 Å². The number of nitrogens with zero attached hydrogens (tertiary/aromatic N) is 1. The maximum atomic E-state index is 12.4. The molecule has 1 aromatic heterocycles. The zero-order valence-electron chi connectivity index (χ0n) is 14.6. The highest BCUT2D eigenvalue weighted by molar-refractivity contribution is 5.79. The van der Waals surface area contributed by atoms with Crippen LogP contribution in [-0.2, 0) is 11.2 Å². The van der Waals surface area contributed by atoms with Gasteiger partial charge in [-0.2, -0.15) is 0 Å². The van der Waals surface area contributed by atoms with E-state index >= 15 is 0 Å². The molecule has 1 amide bonds. The average molecular weight is 337 g/mol. The summed E-state index contributed by atoms with van der Waals surface area (Å²) in [7, 11) is 0. The molecular weight excluding hydrogens is 310 g/mol. The lowest BCUT2D eigenvalue weighted by Gasteiger charge is -2.34. The Morgan fingerprint density at radius 1 is 1.25 bits per heavy atom. The molecule has 7 nitrogen and oxygen atoms in total. The second-order valence-corrected chi connectivity index (χ2v) is 7.10. The minimum absolute atomic E-state index is 0.0167. The molecule has 0 aliphatic carbocycles. The Morgan fingerprint density at radius 2 is 1.88 bits per heavy atom. The zero-order chi connectivity index (χ0) is 17.9. The summed E-state index contributed by atoms with van der Waals surface area (Å²) in [6.45, 7) is 6.99. The largest absolute Gasteiger partial charge is 0.393 e. The number of aliphatic hydroxyl groups is 1. The Bertz CT molecular complexity index is 684. The number of carbonyl (C=O) groups excluding carboxylic acids is 1. The SMILES string of the molecule is Cc1[nH]c(=O)[nH]c(=O)c1CC(=O)N1CCC([C@@H](O)CC(C)C)CC1. The molecule has 0 bridgehead atoms. The van der Waals surface area contributed by atoms with Crippen molar-refractivity contribution in [2.75, 3.05) is 13.1 Å². The Labute approximate surface area is 141 Å². The smallest absolute Gasteiger partial charge is 0.325 e. The monoisotopic (exact) mass is 337 g/mol. The van der Waals surface area contributed by atoms with Crippen molar-refractivity contribution >= 4 is 5.91 Å². The van der Waals surface area contributed by atoms with Gasteiger partial charge in [0.2, 0.25) is 5.91 Å². The highest BCUT2D eigenvalue weighted by Crippen LogP contribution is 2.24. The fourth-order valence-electron chi connectivity index (χ4n) is 3.31. The number of piperidine rings is 1. The molecule has 0 spiro atoms. The molecule has 0 saturated carbocycles. The topological polar surface area (TPSA) is 106 Å². The summed E-state index contributed by atoms with van der Waals surface area (Å²) in [5, 5.41) is 10.2. The van der Waals surface area contributed by atoms with Gasteiger partial charge < -0.3 is 15.0 Å². The first-order valence-electron chi connectivity index (χ1n) is 8.55. The Kier molecular flexibility index (Phi) is 5.99. The number of aromatic amines is 2. The molecule has 1 aliphatic rings. The predicted molar refractivity (Wildman–Crippen MR) is 90.9 cm³/mol. The molecule has 0 aromatic carbocycles. The summed E-state index contributed by atoms with van der Waals surface area (Å²) in [6.07, 6.45) is 2.01. The molecule has 1 aliphatic heterocycles. The van der Waals surface area contributed by atoms with E-state index in [1.165, 1.54) is 0 Å². The molecule has 1 fully saturated rings. The van der Waals surface area contributed by atoms with Crippen LogP contribution in [0.1, 0.15) is 44.4 Å². The van der Waals surface area contributed by atoms with Crippen LogP contribution in [0.4, 0.5) is 0 Å². The second kappa shape index (κ2) is 7.79. The Morgan fingerprint density at radius 3 is 2.42 bits per heavy atom. The number of hydrogen-bond acceptors (Lipinski definition) is 4. The van der Waals surface area contributed by atoms with Crippen LogP contribution in [0.2, 0.25) is 0 Å². The summed E-state index contributed by atoms with van der Waals surface area (Å²) in [5.74, 6) is 0.566. The molecule has 2 rings (SSSR count). The number of hydrogen-bond donors (Lipinski definition) is 3. The lowest BCUT2D eigenvalue weighted by molar-refractivity contribution is -0.132. The summed E-state index contributed by atoms with van der Waals surface area (Å²) in [6, 6.07) is 0. The molecule has 0 radical (unpaired) electrons. The van der Waals surface area contributed by atoms with Gasteiger partial charge in [0, 0.05) is 24.3 Å². The molecular formula is C17H27N3O4. The molecule has 1 aromatic rings. The molecule has 134 valence electrons. The van der Waals surface area contributed by atoms with Crippen molar-refractivity contribution in [2.24, 2.45) is 11.8 Å². The van der Waals surface area contributed by atoms with E-state index < -0.39 is 11.2 Å². The quantitative estimate of drug-likeness (QED) is 0.730. The number of aliphatic hydroxyl groups excluding tert-OH is 1. The van der Waals surface area contributed by atoms with Crippen molar-refractivity contribution in [3.8, 4) is 0 Å². The summed E-state index contributed by atoms with van der Waals surface area (Å²) < 4.78 is 0. The van der Waals surface area contributed by atoms with E-state index in [0.717, 1.165) is 19.3 Å². The molecule has 3 N–H and O–H groups in total. The summed E-state index contributed by atoms with van der Waals surface area (Å²) >= 11 is 0. The first-order valence-corrected chi connectivity index (χ1v) is 8.55. The van der Waals surface area contributed by atoms with Gasteiger partial charge in [-0.25, -0.2) is 4.79 Å². The zero-order valence-corrected chi connectivity index (χ0v) is 14.6. The van der Waals surface area contributed by atoms with Crippen molar-refractivity contribution in [3.63, 3.8) is 0 Å². The third-order valence-electron chi connectivity index (χ3n) is 4.73. The van der Waals surface area contributed by atoms with E-state index in [4.69, 9.17) is 0 Å². The van der Waals surface area contributed by atoms with Crippen LogP contribution < -0.4 is 11.2 Å². The number of aryl methyl sites for hydroxylation is 1. The van der Waals surface area contributed by atoms with Crippen LogP contribution in [0, 0.1) is 18.8 Å². The van der Waals surface area contributed by atoms with Crippen LogP contribution in [0.5, 0.6) is 0 Å². The second-order valence-electron chi connectivity index (χ2n) is 7.10. The minimum atomic E-state index is -0.561. The van der Waals surface area contributed by atoms with E-state index in [1.54, 1.807) is 11.8 Å². The van der Waals surface area contributed by atoms with Gasteiger partial charge in [-0.3, -0.25) is 14.6 Å². The fourth-order valence-corrected chi connectivity index (χ4v) is 3.31. The molecule has 0 unspecified atom stereocenters. The molecule has 2 heterocycles. The highest BCUT2D eigenvalue weighted by Gasteiger charge is 2.28. The van der Waals surface area contributed by atoms with Crippen molar-refractivity contribution in [1.82, 2.24) is 14.9 Å². The van der Waals surface area contributed by atoms with Gasteiger partial charge in [0.05, 0.1) is 12.5 Å². The minimum Gasteiger partial charge on any atom is -0.393 e. The number of carbonyl (C=O) groups is 1. The number of aromatic nitrogens is 2. The van der Waals surface area contributed by atoms with E-state index in [2.05, 4.69) is 23.8 Å². The number of amides is 1. The third kappa shape index (κ3) is 4.56. The van der Waals surface area contributed by atoms with Gasteiger partial charge in [-0.05, 0) is 38.0 Å². The maximum Gasteiger partial charge on any atom is 0.325 e. The van der Waals surface area contributed by atoms with E-state index in [1.807, 2.05) is 0 Å². The van der Waals surface area contributed by atoms with Crippen LogP contribution in [0.25, 0.3) is 0 Å². The van der Waals surface area contributed by atoms with Crippen molar-refractivity contribution in [3.05, 3.63) is 32.1 Å². The number of nitrogens with one attached hydrogen (secondary N) is 2. The molecule has 1 saturated heterocycles. The Hall–Kier alpha value is -1.89. The van der Waals surface area contributed by atoms with Gasteiger partial charge >= 0.3 is 5.69 Å². The van der Waals surface area contributed by atoms with E-state index in [9.17, 15) is 19.5 Å². The van der Waals surface area contributed by atoms with Crippen molar-refractivity contribution < 1.29 is 9.90 Å². The maximum absolute atomic E-state index is 12.4. The number of likely N-dealkylation sites (tertiary alicyclic amines) is 1. The van der Waals surface area contributed by atoms with Crippen LogP contribution in [0.3, 0.4) is 0 Å². The average Bonchev–Trinajstić information content (AvgIpc) is 2.50. The number of rotatable bonds is 5. The lowest BCUT2D eigenvalue weighted by atomic mass is 9.87. The van der Waals surface area contributed by atoms with Crippen molar-refractivity contribution in [1.29, 1.82) is 0 Å². The van der Waals surface area contributed by atoms with Crippen molar-refractivity contribution in [2.45, 2.75) is 52.6 Å². The fraction of sp³-hybridized carbons (Fsp3) is 0.706. The van der Waals surface area contributed by atoms with Gasteiger partial charge in [0.25, 0.3) is 5.56 Å². The third-order valence-corrected chi connectivity index (χ3v) is 4.73. The van der Waals surface area contributed by atoms with Crippen LogP contribution in [-0.4, -0.2) is 45.1 Å². The molecule has 7 heteroatoms. The first-order chi connectivity index (χ1) is 11.3. The summed E-state index contributed by atoms with van der Waals surface area (Å²) in [4.78, 5) is 41.9. The predicted octanol–water partition coefficient (Wildman–Crippen LogP) is 0.560. The van der Waals surface area contributed by atoms with Gasteiger partial charge in [-0.1, -0.05) is 13.8 Å². The van der Waals surface area contributed by atoms with Gasteiger partial charge in [-0.15, -0.1) is 0 Å². The number of H-pyrrole nitrogens is 2. The van der Waals surface area contributed by atoms with Crippen LogP contribution in [0.15, 0.2) is 9.59 Å². The first kappa shape index (κ1) is 18.4. The van der Waals surface area contributed by atoms with Gasteiger partial charge in [0.15, 0.2) is 0 Å². The highest BCUT2D eigenvalue weighted by atomic mass is 16.3. The Balaban J connectivity index is 1.94. The summed E-state index contributed by atoms with van der Waals surface area (Å²) in [5.41, 5.74) is -0.332.